The Hall–Kier alpha value is -3.08. The molecule has 1 aromatic heterocycles. The molecule has 7 heteroatoms. The molecule has 44 heavy (non-hydrogen) atoms. The fourth-order valence-corrected chi connectivity index (χ4v) is 7.75. The SMILES string of the molecule is CCCCOC(OCCCC)C1CCC2(CC1)CN(c1ccc(C3CCN(c4ccc(F)c5c(C#N)c[nH]c45)CC3)cc1)C2. The number of fused-ring (bicyclic) bond motifs is 1. The minimum atomic E-state index is -0.342. The standard InChI is InChI=1S/C37H49FN4O2/c1-3-5-21-43-36(44-22-6-4-2)29-13-17-37(18-14-29)25-42(26-37)31-9-7-27(8-10-31)28-15-19-41(20-16-28)33-12-11-32(38)34-30(23-39)24-40-35(33)34/h7-12,24,28-29,36,40H,3-6,13-22,25-26H2,1-2H3. The third kappa shape index (κ3) is 6.48. The normalized spacial score (nSPS) is 19.2. The molecule has 2 aliphatic heterocycles. The molecule has 3 fully saturated rings. The Bertz CT molecular complexity index is 1400. The molecule has 236 valence electrons. The highest BCUT2D eigenvalue weighted by molar-refractivity contribution is 5.95. The molecule has 0 amide bonds. The number of hydrogen-bond acceptors (Lipinski definition) is 5. The maximum atomic E-state index is 14.5. The Morgan fingerprint density at radius 2 is 1.59 bits per heavy atom. The zero-order valence-electron chi connectivity index (χ0n) is 26.6. The van der Waals surface area contributed by atoms with Gasteiger partial charge in [0, 0.05) is 62.6 Å². The van der Waals surface area contributed by atoms with Crippen molar-refractivity contribution in [2.45, 2.75) is 90.3 Å². The van der Waals surface area contributed by atoms with Gasteiger partial charge in [-0.25, -0.2) is 4.39 Å². The number of nitrogens with one attached hydrogen (secondary N) is 1. The van der Waals surface area contributed by atoms with Crippen molar-refractivity contribution in [3.05, 3.63) is 59.5 Å². The number of nitrogens with zero attached hydrogens (tertiary/aromatic N) is 3. The van der Waals surface area contributed by atoms with E-state index in [0.717, 1.165) is 89.1 Å². The molecular formula is C37H49FN4O2. The van der Waals surface area contributed by atoms with Gasteiger partial charge in [-0.05, 0) is 87.1 Å². The van der Waals surface area contributed by atoms with E-state index in [1.54, 1.807) is 6.20 Å². The summed E-state index contributed by atoms with van der Waals surface area (Å²) in [6, 6.07) is 14.8. The van der Waals surface area contributed by atoms with E-state index in [-0.39, 0.29) is 12.1 Å². The summed E-state index contributed by atoms with van der Waals surface area (Å²) in [5, 5.41) is 9.78. The van der Waals surface area contributed by atoms with Crippen molar-refractivity contribution in [2.24, 2.45) is 11.3 Å². The molecule has 6 rings (SSSR count). The summed E-state index contributed by atoms with van der Waals surface area (Å²) in [5.74, 6) is 0.714. The van der Waals surface area contributed by atoms with E-state index >= 15 is 0 Å². The predicted octanol–water partition coefficient (Wildman–Crippen LogP) is 8.52. The number of anilines is 2. The van der Waals surface area contributed by atoms with Gasteiger partial charge < -0.3 is 24.3 Å². The van der Waals surface area contributed by atoms with Crippen molar-refractivity contribution in [1.82, 2.24) is 4.98 Å². The van der Waals surface area contributed by atoms with Crippen LogP contribution in [-0.4, -0.2) is 50.7 Å². The number of ether oxygens (including phenoxy) is 2. The van der Waals surface area contributed by atoms with Crippen LogP contribution in [0.2, 0.25) is 0 Å². The molecule has 3 aliphatic rings. The van der Waals surface area contributed by atoms with Gasteiger partial charge in [0.2, 0.25) is 0 Å². The van der Waals surface area contributed by atoms with Crippen molar-refractivity contribution in [2.75, 3.05) is 49.2 Å². The summed E-state index contributed by atoms with van der Waals surface area (Å²) in [7, 11) is 0. The molecule has 1 spiro atoms. The Morgan fingerprint density at radius 3 is 2.20 bits per heavy atom. The van der Waals surface area contributed by atoms with E-state index in [9.17, 15) is 9.65 Å². The first kappa shape index (κ1) is 30.9. The molecule has 0 radical (unpaired) electrons. The van der Waals surface area contributed by atoms with Crippen LogP contribution in [0.15, 0.2) is 42.6 Å². The van der Waals surface area contributed by atoms with Crippen LogP contribution in [0.4, 0.5) is 15.8 Å². The van der Waals surface area contributed by atoms with E-state index in [0.29, 0.717) is 28.2 Å². The summed E-state index contributed by atoms with van der Waals surface area (Å²) in [6.07, 6.45) is 13.2. The molecule has 6 nitrogen and oxygen atoms in total. The molecule has 0 unspecified atom stereocenters. The minimum Gasteiger partial charge on any atom is -0.370 e. The summed E-state index contributed by atoms with van der Waals surface area (Å²) in [5.41, 5.74) is 5.29. The number of rotatable bonds is 12. The van der Waals surface area contributed by atoms with Crippen LogP contribution in [0.1, 0.15) is 95.1 Å². The largest absolute Gasteiger partial charge is 0.370 e. The lowest BCUT2D eigenvalue weighted by Crippen LogP contribution is -2.58. The average molecular weight is 601 g/mol. The number of hydrogen-bond donors (Lipinski definition) is 1. The summed E-state index contributed by atoms with van der Waals surface area (Å²) >= 11 is 0. The Kier molecular flexibility index (Phi) is 9.78. The monoisotopic (exact) mass is 600 g/mol. The van der Waals surface area contributed by atoms with Crippen molar-refractivity contribution >= 4 is 22.3 Å². The van der Waals surface area contributed by atoms with Crippen LogP contribution >= 0.6 is 0 Å². The number of unbranched alkanes of at least 4 members (excludes halogenated alkanes) is 2. The van der Waals surface area contributed by atoms with Crippen LogP contribution in [-0.2, 0) is 9.47 Å². The van der Waals surface area contributed by atoms with E-state index in [2.05, 4.69) is 59.0 Å². The third-order valence-electron chi connectivity index (χ3n) is 10.5. The highest BCUT2D eigenvalue weighted by Gasteiger charge is 2.46. The van der Waals surface area contributed by atoms with Gasteiger partial charge in [-0.1, -0.05) is 38.8 Å². The number of H-pyrrole nitrogens is 1. The summed E-state index contributed by atoms with van der Waals surface area (Å²) in [4.78, 5) is 8.03. The highest BCUT2D eigenvalue weighted by atomic mass is 19.1. The van der Waals surface area contributed by atoms with Crippen LogP contribution in [0.3, 0.4) is 0 Å². The average Bonchev–Trinajstić information content (AvgIpc) is 3.49. The molecule has 1 aliphatic carbocycles. The first-order valence-electron chi connectivity index (χ1n) is 17.1. The maximum Gasteiger partial charge on any atom is 0.160 e. The van der Waals surface area contributed by atoms with Crippen molar-refractivity contribution in [3.8, 4) is 6.07 Å². The Morgan fingerprint density at radius 1 is 0.932 bits per heavy atom. The van der Waals surface area contributed by atoms with Crippen LogP contribution in [0.5, 0.6) is 0 Å². The Labute approximate surface area is 262 Å². The smallest absolute Gasteiger partial charge is 0.160 e. The van der Waals surface area contributed by atoms with Gasteiger partial charge in [0.25, 0.3) is 0 Å². The number of aromatic amines is 1. The minimum absolute atomic E-state index is 0.0253. The van der Waals surface area contributed by atoms with Gasteiger partial charge in [0.1, 0.15) is 11.9 Å². The lowest BCUT2D eigenvalue weighted by molar-refractivity contribution is -0.183. The van der Waals surface area contributed by atoms with Crippen LogP contribution in [0.25, 0.3) is 10.9 Å². The second kappa shape index (κ2) is 13.9. The van der Waals surface area contributed by atoms with Gasteiger partial charge in [-0.3, -0.25) is 0 Å². The third-order valence-corrected chi connectivity index (χ3v) is 10.5. The van der Waals surface area contributed by atoms with Gasteiger partial charge in [-0.15, -0.1) is 0 Å². The van der Waals surface area contributed by atoms with Crippen LogP contribution < -0.4 is 9.80 Å². The quantitative estimate of drug-likeness (QED) is 0.167. The number of halogens is 1. The maximum absolute atomic E-state index is 14.5. The predicted molar refractivity (Wildman–Crippen MR) is 176 cm³/mol. The van der Waals surface area contributed by atoms with Gasteiger partial charge >= 0.3 is 0 Å². The first-order chi connectivity index (χ1) is 21.5. The number of benzene rings is 2. The molecule has 2 aromatic carbocycles. The second-order valence-electron chi connectivity index (χ2n) is 13.5. The fraction of sp³-hybridized carbons (Fsp3) is 0.595. The molecule has 0 bridgehead atoms. The Balaban J connectivity index is 0.989. The zero-order valence-corrected chi connectivity index (χ0v) is 26.6. The number of nitriles is 1. The fourth-order valence-electron chi connectivity index (χ4n) is 7.75. The molecule has 0 atom stereocenters. The van der Waals surface area contributed by atoms with Gasteiger partial charge in [0.15, 0.2) is 6.29 Å². The summed E-state index contributed by atoms with van der Waals surface area (Å²) < 4.78 is 26.9. The van der Waals surface area contributed by atoms with Crippen molar-refractivity contribution < 1.29 is 13.9 Å². The number of aromatic nitrogens is 1. The van der Waals surface area contributed by atoms with E-state index in [4.69, 9.17) is 9.47 Å². The van der Waals surface area contributed by atoms with Crippen molar-refractivity contribution in [3.63, 3.8) is 0 Å². The van der Waals surface area contributed by atoms with E-state index in [1.807, 2.05) is 6.07 Å². The van der Waals surface area contributed by atoms with E-state index < -0.39 is 0 Å². The lowest BCUT2D eigenvalue weighted by Gasteiger charge is -2.55. The summed E-state index contributed by atoms with van der Waals surface area (Å²) in [6.45, 7) is 10.2. The van der Waals surface area contributed by atoms with Crippen molar-refractivity contribution in [1.29, 1.82) is 5.26 Å². The molecule has 2 saturated heterocycles. The molecular weight excluding hydrogens is 551 g/mol. The molecule has 1 saturated carbocycles. The van der Waals surface area contributed by atoms with Gasteiger partial charge in [0.05, 0.1) is 22.2 Å². The van der Waals surface area contributed by atoms with Crippen LogP contribution in [0, 0.1) is 28.5 Å². The lowest BCUT2D eigenvalue weighted by atomic mass is 9.65. The molecule has 3 aromatic rings. The highest BCUT2D eigenvalue weighted by Crippen LogP contribution is 2.48. The second-order valence-corrected chi connectivity index (χ2v) is 13.5. The first-order valence-corrected chi connectivity index (χ1v) is 17.1. The number of piperidine rings is 1. The van der Waals surface area contributed by atoms with E-state index in [1.165, 1.54) is 43.0 Å². The zero-order chi connectivity index (χ0) is 30.5. The topological polar surface area (TPSA) is 64.5 Å². The molecule has 3 heterocycles. The van der Waals surface area contributed by atoms with Gasteiger partial charge in [-0.2, -0.15) is 5.26 Å². The molecule has 1 N–H and O–H groups in total.